The fourth-order valence-electron chi connectivity index (χ4n) is 2.00. The van der Waals surface area contributed by atoms with Crippen LogP contribution in [0.3, 0.4) is 0 Å². The van der Waals surface area contributed by atoms with Crippen LogP contribution in [0.15, 0.2) is 4.52 Å². The summed E-state index contributed by atoms with van der Waals surface area (Å²) in [6, 6.07) is 0.645. The van der Waals surface area contributed by atoms with Gasteiger partial charge >= 0.3 is 0 Å². The number of aryl methyl sites for hydroxylation is 1. The molecule has 0 saturated carbocycles. The lowest BCUT2D eigenvalue weighted by molar-refractivity contribution is 0.385. The van der Waals surface area contributed by atoms with Crippen LogP contribution in [0.2, 0.25) is 0 Å². The fraction of sp³-hybridized carbons (Fsp3) is 0.818. The summed E-state index contributed by atoms with van der Waals surface area (Å²) in [5, 5.41) is 8.20. The summed E-state index contributed by atoms with van der Waals surface area (Å²) in [5.74, 6) is 2.77. The van der Waals surface area contributed by atoms with Crippen LogP contribution in [0.4, 0.5) is 0 Å². The molecular formula is C11H19N3OS. The average Bonchev–Trinajstić information content (AvgIpc) is 2.67. The predicted octanol–water partition coefficient (Wildman–Crippen LogP) is 1.79. The molecule has 0 radical (unpaired) electrons. The van der Waals surface area contributed by atoms with E-state index in [0.29, 0.717) is 11.9 Å². The number of thioether (sulfide) groups is 1. The smallest absolute Gasteiger partial charge is 0.223 e. The third-order valence-corrected chi connectivity index (χ3v) is 4.31. The molecule has 1 fully saturated rings. The number of aromatic nitrogens is 2. The summed E-state index contributed by atoms with van der Waals surface area (Å²) in [6.45, 7) is 5.07. The van der Waals surface area contributed by atoms with Gasteiger partial charge in [-0.1, -0.05) is 12.1 Å². The standard InChI is InChI=1S/C11H19N3OS/c1-8-10(4-3-7-16-8)12-6-5-11-13-9(2)15-14-11/h8,10,12H,3-7H2,1-2H3. The van der Waals surface area contributed by atoms with E-state index >= 15 is 0 Å². The fourth-order valence-corrected chi connectivity index (χ4v) is 3.17. The van der Waals surface area contributed by atoms with Crippen molar-refractivity contribution in [2.75, 3.05) is 12.3 Å². The van der Waals surface area contributed by atoms with E-state index in [1.807, 2.05) is 6.92 Å². The minimum Gasteiger partial charge on any atom is -0.340 e. The van der Waals surface area contributed by atoms with Gasteiger partial charge in [-0.2, -0.15) is 16.7 Å². The van der Waals surface area contributed by atoms with Gasteiger partial charge in [-0.05, 0) is 18.6 Å². The van der Waals surface area contributed by atoms with Crippen LogP contribution in [-0.2, 0) is 6.42 Å². The third-order valence-electron chi connectivity index (χ3n) is 2.93. The van der Waals surface area contributed by atoms with Crippen molar-refractivity contribution in [3.05, 3.63) is 11.7 Å². The first-order valence-electron chi connectivity index (χ1n) is 5.90. The van der Waals surface area contributed by atoms with Crippen molar-refractivity contribution in [3.63, 3.8) is 0 Å². The van der Waals surface area contributed by atoms with Crippen LogP contribution in [-0.4, -0.2) is 33.7 Å². The molecule has 2 heterocycles. The monoisotopic (exact) mass is 241 g/mol. The highest BCUT2D eigenvalue weighted by molar-refractivity contribution is 7.99. The maximum atomic E-state index is 4.94. The zero-order valence-corrected chi connectivity index (χ0v) is 10.7. The summed E-state index contributed by atoms with van der Waals surface area (Å²) in [7, 11) is 0. The molecule has 1 N–H and O–H groups in total. The molecule has 1 aromatic heterocycles. The maximum Gasteiger partial charge on any atom is 0.223 e. The van der Waals surface area contributed by atoms with Crippen molar-refractivity contribution >= 4 is 11.8 Å². The molecule has 0 bridgehead atoms. The maximum absolute atomic E-state index is 4.94. The Morgan fingerprint density at radius 1 is 1.56 bits per heavy atom. The second-order valence-corrected chi connectivity index (χ2v) is 5.74. The molecule has 0 amide bonds. The van der Waals surface area contributed by atoms with Crippen LogP contribution in [0.25, 0.3) is 0 Å². The van der Waals surface area contributed by atoms with Gasteiger partial charge in [-0.15, -0.1) is 0 Å². The highest BCUT2D eigenvalue weighted by atomic mass is 32.2. The van der Waals surface area contributed by atoms with Crippen molar-refractivity contribution in [2.24, 2.45) is 0 Å². The number of nitrogens with zero attached hydrogens (tertiary/aromatic N) is 2. The Morgan fingerprint density at radius 2 is 2.44 bits per heavy atom. The molecule has 16 heavy (non-hydrogen) atoms. The molecule has 5 heteroatoms. The van der Waals surface area contributed by atoms with Crippen molar-refractivity contribution < 1.29 is 4.52 Å². The first kappa shape index (κ1) is 11.9. The van der Waals surface area contributed by atoms with E-state index in [1.54, 1.807) is 0 Å². The Balaban J connectivity index is 1.71. The van der Waals surface area contributed by atoms with Crippen LogP contribution in [0.5, 0.6) is 0 Å². The van der Waals surface area contributed by atoms with Gasteiger partial charge < -0.3 is 9.84 Å². The second kappa shape index (κ2) is 5.68. The van der Waals surface area contributed by atoms with E-state index in [9.17, 15) is 0 Å². The van der Waals surface area contributed by atoms with E-state index in [0.717, 1.165) is 24.0 Å². The van der Waals surface area contributed by atoms with Crippen LogP contribution in [0.1, 0.15) is 31.5 Å². The minimum absolute atomic E-state index is 0.645. The van der Waals surface area contributed by atoms with Gasteiger partial charge in [0.05, 0.1) is 0 Å². The van der Waals surface area contributed by atoms with Gasteiger partial charge in [0.2, 0.25) is 5.89 Å². The van der Waals surface area contributed by atoms with Crippen LogP contribution < -0.4 is 5.32 Å². The normalized spacial score (nSPS) is 25.9. The molecule has 1 aliphatic heterocycles. The van der Waals surface area contributed by atoms with E-state index < -0.39 is 0 Å². The lowest BCUT2D eigenvalue weighted by Crippen LogP contribution is -2.40. The molecule has 0 aromatic carbocycles. The van der Waals surface area contributed by atoms with Gasteiger partial charge in [0.25, 0.3) is 0 Å². The highest BCUT2D eigenvalue weighted by Gasteiger charge is 2.20. The van der Waals surface area contributed by atoms with E-state index in [1.165, 1.54) is 18.6 Å². The van der Waals surface area contributed by atoms with Gasteiger partial charge in [0.15, 0.2) is 5.82 Å². The Hall–Kier alpha value is -0.550. The lowest BCUT2D eigenvalue weighted by Gasteiger charge is -2.29. The zero-order valence-electron chi connectivity index (χ0n) is 9.90. The summed E-state index contributed by atoms with van der Waals surface area (Å²) in [4.78, 5) is 4.19. The average molecular weight is 241 g/mol. The highest BCUT2D eigenvalue weighted by Crippen LogP contribution is 2.24. The molecule has 2 rings (SSSR count). The summed E-state index contributed by atoms with van der Waals surface area (Å²) in [5.41, 5.74) is 0. The molecule has 2 unspecified atom stereocenters. The molecule has 0 spiro atoms. The summed E-state index contributed by atoms with van der Waals surface area (Å²) >= 11 is 2.06. The van der Waals surface area contributed by atoms with Crippen LogP contribution in [0, 0.1) is 6.92 Å². The number of nitrogens with one attached hydrogen (secondary N) is 1. The first-order chi connectivity index (χ1) is 7.75. The Morgan fingerprint density at radius 3 is 3.12 bits per heavy atom. The molecule has 1 aliphatic rings. The van der Waals surface area contributed by atoms with E-state index in [2.05, 4.69) is 34.1 Å². The van der Waals surface area contributed by atoms with E-state index in [4.69, 9.17) is 4.52 Å². The predicted molar refractivity (Wildman–Crippen MR) is 65.7 cm³/mol. The molecule has 90 valence electrons. The van der Waals surface area contributed by atoms with Gasteiger partial charge in [-0.3, -0.25) is 0 Å². The summed E-state index contributed by atoms with van der Waals surface area (Å²) < 4.78 is 4.94. The van der Waals surface area contributed by atoms with Crippen LogP contribution >= 0.6 is 11.8 Å². The second-order valence-electron chi connectivity index (χ2n) is 4.26. The largest absolute Gasteiger partial charge is 0.340 e. The Labute approximate surface area is 101 Å². The zero-order chi connectivity index (χ0) is 11.4. The van der Waals surface area contributed by atoms with Gasteiger partial charge in [-0.25, -0.2) is 0 Å². The van der Waals surface area contributed by atoms with E-state index in [-0.39, 0.29) is 0 Å². The topological polar surface area (TPSA) is 51.0 Å². The number of hydrogen-bond acceptors (Lipinski definition) is 5. The number of hydrogen-bond donors (Lipinski definition) is 1. The molecule has 2 atom stereocenters. The first-order valence-corrected chi connectivity index (χ1v) is 6.95. The molecule has 1 saturated heterocycles. The molecule has 4 nitrogen and oxygen atoms in total. The lowest BCUT2D eigenvalue weighted by atomic mass is 10.1. The van der Waals surface area contributed by atoms with Crippen molar-refractivity contribution in [2.45, 2.75) is 44.4 Å². The summed E-state index contributed by atoms with van der Waals surface area (Å²) in [6.07, 6.45) is 3.47. The van der Waals surface area contributed by atoms with Crippen molar-refractivity contribution in [3.8, 4) is 0 Å². The van der Waals surface area contributed by atoms with Crippen molar-refractivity contribution in [1.82, 2.24) is 15.5 Å². The SMILES string of the molecule is Cc1nc(CCNC2CCCSC2C)no1. The Kier molecular flexibility index (Phi) is 4.23. The Bertz CT molecular complexity index is 329. The minimum atomic E-state index is 0.645. The molecular weight excluding hydrogens is 222 g/mol. The molecule has 0 aliphatic carbocycles. The van der Waals surface area contributed by atoms with Crippen molar-refractivity contribution in [1.29, 1.82) is 0 Å². The molecule has 1 aromatic rings. The van der Waals surface area contributed by atoms with Gasteiger partial charge in [0, 0.05) is 31.2 Å². The van der Waals surface area contributed by atoms with Gasteiger partial charge in [0.1, 0.15) is 0 Å². The quantitative estimate of drug-likeness (QED) is 0.871. The number of rotatable bonds is 4. The third kappa shape index (κ3) is 3.22.